The van der Waals surface area contributed by atoms with Crippen molar-refractivity contribution in [2.45, 2.75) is 40.5 Å². The molecule has 0 N–H and O–H groups in total. The lowest BCUT2D eigenvalue weighted by atomic mass is 9.57. The fourth-order valence-corrected chi connectivity index (χ4v) is 4.08. The quantitative estimate of drug-likeness (QED) is 0.746. The summed E-state index contributed by atoms with van der Waals surface area (Å²) in [6.07, 6.45) is 5.79. The number of fused-ring (bicyclic) bond motifs is 1. The van der Waals surface area contributed by atoms with Crippen molar-refractivity contribution in [3.63, 3.8) is 0 Å². The lowest BCUT2D eigenvalue weighted by Gasteiger charge is -2.55. The zero-order chi connectivity index (χ0) is 16.4. The van der Waals surface area contributed by atoms with Gasteiger partial charge in [-0.2, -0.15) is 5.26 Å². The van der Waals surface area contributed by atoms with Crippen molar-refractivity contribution in [2.75, 3.05) is 24.5 Å². The van der Waals surface area contributed by atoms with Crippen molar-refractivity contribution in [3.05, 3.63) is 11.6 Å². The Kier molecular flexibility index (Phi) is 4.76. The molecule has 6 heteroatoms. The Morgan fingerprint density at radius 1 is 1.32 bits per heavy atom. The van der Waals surface area contributed by atoms with Gasteiger partial charge in [0.15, 0.2) is 11.3 Å². The maximum Gasteiger partial charge on any atom is 0.237 e. The Labute approximate surface area is 136 Å². The fourth-order valence-electron chi connectivity index (χ4n) is 3.41. The second-order valence-corrected chi connectivity index (χ2v) is 7.06. The van der Waals surface area contributed by atoms with Gasteiger partial charge in [0.25, 0.3) is 0 Å². The largest absolute Gasteiger partial charge is 0.310 e. The van der Waals surface area contributed by atoms with E-state index in [0.29, 0.717) is 6.54 Å². The van der Waals surface area contributed by atoms with Crippen LogP contribution in [-0.2, 0) is 4.79 Å². The highest BCUT2D eigenvalue weighted by Crippen LogP contribution is 2.52. The molecule has 2 saturated heterocycles. The summed E-state index contributed by atoms with van der Waals surface area (Å²) in [5, 5.41) is 11.8. The van der Waals surface area contributed by atoms with Gasteiger partial charge in [-0.15, -0.1) is 11.3 Å². The summed E-state index contributed by atoms with van der Waals surface area (Å²) in [6.45, 7) is 10.2. The smallest absolute Gasteiger partial charge is 0.237 e. The summed E-state index contributed by atoms with van der Waals surface area (Å²) in [5.74, 6) is 0.112. The van der Waals surface area contributed by atoms with Crippen molar-refractivity contribution in [1.82, 2.24) is 9.88 Å². The van der Waals surface area contributed by atoms with Gasteiger partial charge < -0.3 is 4.90 Å². The summed E-state index contributed by atoms with van der Waals surface area (Å²) >= 11 is 1.49. The molecule has 0 saturated carbocycles. The molecule has 0 aliphatic carbocycles. The van der Waals surface area contributed by atoms with Crippen LogP contribution in [0.1, 0.15) is 40.5 Å². The number of hydrogen-bond donors (Lipinski definition) is 0. The van der Waals surface area contributed by atoms with Gasteiger partial charge in [-0.1, -0.05) is 20.8 Å². The van der Waals surface area contributed by atoms with Gasteiger partial charge in [-0.05, 0) is 25.2 Å². The van der Waals surface area contributed by atoms with E-state index in [1.54, 1.807) is 16.0 Å². The maximum atomic E-state index is 13.0. The summed E-state index contributed by atoms with van der Waals surface area (Å²) in [4.78, 5) is 20.8. The molecule has 1 amide bonds. The number of anilines is 1. The fraction of sp³-hybridized carbons (Fsp3) is 0.688. The Hall–Kier alpha value is -1.61. The molecule has 5 nitrogen and oxygen atoms in total. The minimum Gasteiger partial charge on any atom is -0.310 e. The second kappa shape index (κ2) is 6.25. The molecular formula is C16H24N4OS. The first-order valence-electron chi connectivity index (χ1n) is 7.86. The van der Waals surface area contributed by atoms with Gasteiger partial charge >= 0.3 is 0 Å². The second-order valence-electron chi connectivity index (χ2n) is 6.19. The number of carbonyl (C=O) groups excluding carboxylic acids is 1. The van der Waals surface area contributed by atoms with Crippen molar-refractivity contribution >= 4 is 22.4 Å². The highest BCUT2D eigenvalue weighted by atomic mass is 32.1. The van der Waals surface area contributed by atoms with Gasteiger partial charge in [0.2, 0.25) is 5.91 Å². The number of carbonyl (C=O) groups is 1. The summed E-state index contributed by atoms with van der Waals surface area (Å²) < 4.78 is 0. The first kappa shape index (κ1) is 16.8. The molecule has 3 heterocycles. The summed E-state index contributed by atoms with van der Waals surface area (Å²) in [6, 6.07) is 0. The maximum absolute atomic E-state index is 13.0. The van der Waals surface area contributed by atoms with Gasteiger partial charge in [0, 0.05) is 31.2 Å². The van der Waals surface area contributed by atoms with Crippen molar-refractivity contribution < 1.29 is 4.79 Å². The summed E-state index contributed by atoms with van der Waals surface area (Å²) in [7, 11) is 0. The molecule has 2 aliphatic heterocycles. The molecule has 0 bridgehead atoms. The first-order valence-corrected chi connectivity index (χ1v) is 8.74. The van der Waals surface area contributed by atoms with Crippen LogP contribution >= 0.6 is 11.3 Å². The first-order chi connectivity index (χ1) is 10.5. The number of rotatable bonds is 1. The molecule has 22 heavy (non-hydrogen) atoms. The van der Waals surface area contributed by atoms with Crippen LogP contribution in [0.2, 0.25) is 0 Å². The van der Waals surface area contributed by atoms with E-state index in [2.05, 4.69) is 18.1 Å². The van der Waals surface area contributed by atoms with Crippen LogP contribution in [0.15, 0.2) is 11.6 Å². The minimum absolute atomic E-state index is 0.0226. The Morgan fingerprint density at radius 2 is 2.00 bits per heavy atom. The van der Waals surface area contributed by atoms with Crippen molar-refractivity contribution in [2.24, 2.45) is 10.8 Å². The Morgan fingerprint density at radius 3 is 2.59 bits per heavy atom. The van der Waals surface area contributed by atoms with Crippen LogP contribution in [0.25, 0.3) is 0 Å². The van der Waals surface area contributed by atoms with E-state index >= 15 is 0 Å². The van der Waals surface area contributed by atoms with Crippen LogP contribution in [0.5, 0.6) is 0 Å². The van der Waals surface area contributed by atoms with Crippen molar-refractivity contribution in [1.29, 1.82) is 5.26 Å². The molecule has 3 rings (SSSR count). The Bertz CT molecular complexity index is 567. The normalized spacial score (nSPS) is 31.0. The lowest BCUT2D eigenvalue weighted by Crippen LogP contribution is -2.64. The molecule has 2 atom stereocenters. The van der Waals surface area contributed by atoms with Crippen LogP contribution in [0.4, 0.5) is 5.13 Å². The molecular weight excluding hydrogens is 296 g/mol. The van der Waals surface area contributed by atoms with Crippen LogP contribution in [0.3, 0.4) is 0 Å². The molecule has 0 spiro atoms. The van der Waals surface area contributed by atoms with E-state index in [1.807, 2.05) is 26.2 Å². The number of piperidine rings is 2. The highest BCUT2D eigenvalue weighted by Gasteiger charge is 2.57. The van der Waals surface area contributed by atoms with E-state index in [1.165, 1.54) is 11.3 Å². The summed E-state index contributed by atoms with van der Waals surface area (Å²) in [5.41, 5.74) is -0.532. The number of nitriles is 1. The van der Waals surface area contributed by atoms with E-state index in [9.17, 15) is 4.79 Å². The lowest BCUT2D eigenvalue weighted by molar-refractivity contribution is -0.144. The zero-order valence-corrected chi connectivity index (χ0v) is 14.6. The average Bonchev–Trinajstić information content (AvgIpc) is 3.05. The topological polar surface area (TPSA) is 60.2 Å². The van der Waals surface area contributed by atoms with Crippen LogP contribution in [-0.4, -0.2) is 35.4 Å². The van der Waals surface area contributed by atoms with Crippen LogP contribution in [0, 0.1) is 22.3 Å². The monoisotopic (exact) mass is 320 g/mol. The average molecular weight is 320 g/mol. The zero-order valence-electron chi connectivity index (χ0n) is 13.8. The molecule has 0 aromatic carbocycles. The molecule has 1 aromatic heterocycles. The molecule has 2 aliphatic rings. The van der Waals surface area contributed by atoms with E-state index in [4.69, 9.17) is 5.26 Å². The Balaban J connectivity index is 0.000000847. The molecule has 2 fully saturated rings. The number of hydrogen-bond acceptors (Lipinski definition) is 5. The number of likely N-dealkylation sites (tertiary alicyclic amines) is 1. The van der Waals surface area contributed by atoms with Gasteiger partial charge in [-0.3, -0.25) is 9.69 Å². The van der Waals surface area contributed by atoms with Crippen molar-refractivity contribution in [3.8, 4) is 6.19 Å². The number of thiazole rings is 1. The number of nitrogens with zero attached hydrogens (tertiary/aromatic N) is 4. The predicted octanol–water partition coefficient (Wildman–Crippen LogP) is 3.11. The molecule has 120 valence electrons. The molecule has 1 aromatic rings. The van der Waals surface area contributed by atoms with E-state index < -0.39 is 5.41 Å². The van der Waals surface area contributed by atoms with E-state index in [0.717, 1.165) is 31.1 Å². The minimum atomic E-state index is -0.509. The van der Waals surface area contributed by atoms with Gasteiger partial charge in [0.05, 0.1) is 5.41 Å². The highest BCUT2D eigenvalue weighted by molar-refractivity contribution is 7.13. The molecule has 2 unspecified atom stereocenters. The van der Waals surface area contributed by atoms with E-state index in [-0.39, 0.29) is 11.3 Å². The number of amides is 1. The number of aromatic nitrogens is 1. The van der Waals surface area contributed by atoms with Gasteiger partial charge in [-0.25, -0.2) is 4.98 Å². The third kappa shape index (κ3) is 2.48. The standard InChI is InChI=1S/C14H18N4OS.C2H6/c1-13-3-6-17(10-15)9-14(13,2)11(19)18(7-4-13)12-16-5-8-20-12;1-2/h5,8H,3-4,6-7,9H2,1-2H3;1-2H3. The van der Waals surface area contributed by atoms with Gasteiger partial charge in [0.1, 0.15) is 0 Å². The third-order valence-corrected chi connectivity index (χ3v) is 5.96. The predicted molar refractivity (Wildman–Crippen MR) is 88.4 cm³/mol. The molecule has 0 radical (unpaired) electrons. The SMILES string of the molecule is CC.CC12CCN(C#N)CC1(C)C(=O)N(c1nccs1)CC2. The van der Waals surface area contributed by atoms with Crippen LogP contribution < -0.4 is 4.90 Å². The third-order valence-electron chi connectivity index (χ3n) is 5.17.